The highest BCUT2D eigenvalue weighted by atomic mass is 16.5. The minimum atomic E-state index is -0.611. The van der Waals surface area contributed by atoms with Crippen molar-refractivity contribution >= 4 is 5.91 Å². The summed E-state index contributed by atoms with van der Waals surface area (Å²) in [6.45, 7) is 4.97. The maximum Gasteiger partial charge on any atom is 0.271 e. The number of amides is 1. The van der Waals surface area contributed by atoms with Gasteiger partial charge in [-0.1, -0.05) is 0 Å². The van der Waals surface area contributed by atoms with Gasteiger partial charge in [0, 0.05) is 25.2 Å². The van der Waals surface area contributed by atoms with Crippen molar-refractivity contribution in [3.8, 4) is 17.0 Å². The Bertz CT molecular complexity index is 649. The zero-order valence-corrected chi connectivity index (χ0v) is 12.7. The van der Waals surface area contributed by atoms with Gasteiger partial charge in [0.25, 0.3) is 5.91 Å². The van der Waals surface area contributed by atoms with Gasteiger partial charge in [-0.05, 0) is 24.3 Å². The molecule has 8 heteroatoms. The molecule has 0 bridgehead atoms. The Balaban J connectivity index is 1.56. The van der Waals surface area contributed by atoms with Crippen LogP contribution in [0.3, 0.4) is 0 Å². The van der Waals surface area contributed by atoms with E-state index >= 15 is 0 Å². The summed E-state index contributed by atoms with van der Waals surface area (Å²) < 4.78 is 11.1. The van der Waals surface area contributed by atoms with Crippen LogP contribution in [0.5, 0.6) is 5.75 Å². The van der Waals surface area contributed by atoms with Gasteiger partial charge in [0.1, 0.15) is 18.1 Å². The molecule has 0 spiro atoms. The van der Waals surface area contributed by atoms with Crippen LogP contribution >= 0.6 is 0 Å². The molecule has 3 N–H and O–H groups in total. The molecule has 1 aromatic carbocycles. The first-order valence-corrected chi connectivity index (χ1v) is 7.48. The minimum Gasteiger partial charge on any atom is -0.492 e. The molecule has 0 radical (unpaired) electrons. The largest absolute Gasteiger partial charge is 0.492 e. The van der Waals surface area contributed by atoms with Gasteiger partial charge in [-0.25, -0.2) is 0 Å². The van der Waals surface area contributed by atoms with E-state index in [0.717, 1.165) is 44.2 Å². The molecule has 1 aliphatic heterocycles. The normalized spacial score (nSPS) is 15.5. The number of hydrogen-bond acceptors (Lipinski definition) is 6. The van der Waals surface area contributed by atoms with Gasteiger partial charge >= 0.3 is 0 Å². The Labute approximate surface area is 133 Å². The van der Waals surface area contributed by atoms with E-state index in [9.17, 15) is 4.79 Å². The molecule has 1 aliphatic rings. The highest BCUT2D eigenvalue weighted by molar-refractivity contribution is 5.96. The average Bonchev–Trinajstić information content (AvgIpc) is 3.06. The van der Waals surface area contributed by atoms with E-state index in [1.807, 2.05) is 24.3 Å². The summed E-state index contributed by atoms with van der Waals surface area (Å²) in [5.74, 6) is 0.158. The number of H-pyrrole nitrogens is 1. The Morgan fingerprint density at radius 3 is 2.70 bits per heavy atom. The summed E-state index contributed by atoms with van der Waals surface area (Å²) in [4.78, 5) is 13.6. The number of carbonyl (C=O) groups is 1. The van der Waals surface area contributed by atoms with Gasteiger partial charge in [0.2, 0.25) is 0 Å². The van der Waals surface area contributed by atoms with Gasteiger partial charge in [0.15, 0.2) is 5.69 Å². The number of nitrogens with one attached hydrogen (secondary N) is 1. The molecule has 2 heterocycles. The Hall–Kier alpha value is -2.45. The van der Waals surface area contributed by atoms with Crippen molar-refractivity contribution in [1.82, 2.24) is 20.3 Å². The Morgan fingerprint density at radius 2 is 2.00 bits per heavy atom. The molecule has 2 aromatic rings. The van der Waals surface area contributed by atoms with Crippen LogP contribution in [0.4, 0.5) is 0 Å². The highest BCUT2D eigenvalue weighted by Crippen LogP contribution is 2.22. The first kappa shape index (κ1) is 15.4. The second kappa shape index (κ2) is 7.21. The molecule has 0 atom stereocenters. The van der Waals surface area contributed by atoms with Crippen molar-refractivity contribution in [3.63, 3.8) is 0 Å². The number of aromatic nitrogens is 3. The fourth-order valence-electron chi connectivity index (χ4n) is 2.43. The standard InChI is InChI=1S/C15H19N5O3/c16-15(21)14-13(17-19-18-14)11-1-3-12(4-2-11)23-10-7-20-5-8-22-9-6-20/h1-4H,5-10H2,(H2,16,21)(H,17,18,19). The van der Waals surface area contributed by atoms with E-state index in [1.165, 1.54) is 0 Å². The number of nitrogens with two attached hydrogens (primary N) is 1. The van der Waals surface area contributed by atoms with Crippen LogP contribution in [-0.4, -0.2) is 65.7 Å². The zero-order valence-electron chi connectivity index (χ0n) is 12.7. The summed E-state index contributed by atoms with van der Waals surface area (Å²) in [5.41, 5.74) is 6.59. The SMILES string of the molecule is NC(=O)c1n[nH]nc1-c1ccc(OCCN2CCOCC2)cc1. The van der Waals surface area contributed by atoms with Crippen LogP contribution < -0.4 is 10.5 Å². The summed E-state index contributed by atoms with van der Waals surface area (Å²) in [6.07, 6.45) is 0. The second-order valence-corrected chi connectivity index (χ2v) is 5.21. The van der Waals surface area contributed by atoms with Crippen LogP contribution in [0.25, 0.3) is 11.3 Å². The van der Waals surface area contributed by atoms with E-state index in [4.69, 9.17) is 15.2 Å². The molecular formula is C15H19N5O3. The van der Waals surface area contributed by atoms with Gasteiger partial charge in [-0.3, -0.25) is 9.69 Å². The van der Waals surface area contributed by atoms with Crippen LogP contribution in [0.15, 0.2) is 24.3 Å². The molecule has 3 rings (SSSR count). The highest BCUT2D eigenvalue weighted by Gasteiger charge is 2.15. The van der Waals surface area contributed by atoms with Crippen molar-refractivity contribution in [2.75, 3.05) is 39.5 Å². The summed E-state index contributed by atoms with van der Waals surface area (Å²) in [5, 5.41) is 10.1. The average molecular weight is 317 g/mol. The number of primary amides is 1. The molecule has 1 fully saturated rings. The smallest absolute Gasteiger partial charge is 0.271 e. The lowest BCUT2D eigenvalue weighted by atomic mass is 10.1. The molecule has 1 saturated heterocycles. The fourth-order valence-corrected chi connectivity index (χ4v) is 2.43. The third kappa shape index (κ3) is 3.85. The van der Waals surface area contributed by atoms with Crippen LogP contribution in [0, 0.1) is 0 Å². The topological polar surface area (TPSA) is 106 Å². The molecule has 1 aromatic heterocycles. The summed E-state index contributed by atoms with van der Waals surface area (Å²) >= 11 is 0. The minimum absolute atomic E-state index is 0.131. The van der Waals surface area contributed by atoms with Crippen LogP contribution in [-0.2, 0) is 4.74 Å². The molecule has 23 heavy (non-hydrogen) atoms. The van der Waals surface area contributed by atoms with Gasteiger partial charge in [0.05, 0.1) is 13.2 Å². The number of carbonyl (C=O) groups excluding carboxylic acids is 1. The zero-order chi connectivity index (χ0) is 16.1. The predicted octanol–water partition coefficient (Wildman–Crippen LogP) is 0.282. The molecule has 0 unspecified atom stereocenters. The number of ether oxygens (including phenoxy) is 2. The number of aromatic amines is 1. The third-order valence-electron chi connectivity index (χ3n) is 3.69. The van der Waals surface area contributed by atoms with Crippen molar-refractivity contribution in [1.29, 1.82) is 0 Å². The lowest BCUT2D eigenvalue weighted by molar-refractivity contribution is 0.0322. The van der Waals surface area contributed by atoms with E-state index in [1.54, 1.807) is 0 Å². The molecule has 1 amide bonds. The first-order valence-electron chi connectivity index (χ1n) is 7.48. The van der Waals surface area contributed by atoms with Gasteiger partial charge < -0.3 is 15.2 Å². The van der Waals surface area contributed by atoms with Crippen molar-refractivity contribution in [2.45, 2.75) is 0 Å². The summed E-state index contributed by atoms with van der Waals surface area (Å²) in [7, 11) is 0. The molecular weight excluding hydrogens is 298 g/mol. The second-order valence-electron chi connectivity index (χ2n) is 5.21. The number of benzene rings is 1. The van der Waals surface area contributed by atoms with E-state index < -0.39 is 5.91 Å². The van der Waals surface area contributed by atoms with Crippen molar-refractivity contribution in [2.24, 2.45) is 5.73 Å². The van der Waals surface area contributed by atoms with Crippen molar-refractivity contribution in [3.05, 3.63) is 30.0 Å². The molecule has 0 aliphatic carbocycles. The molecule has 122 valence electrons. The maximum absolute atomic E-state index is 11.3. The summed E-state index contributed by atoms with van der Waals surface area (Å²) in [6, 6.07) is 7.34. The van der Waals surface area contributed by atoms with Gasteiger partial charge in [-0.15, -0.1) is 0 Å². The monoisotopic (exact) mass is 317 g/mol. The van der Waals surface area contributed by atoms with Crippen LogP contribution in [0.2, 0.25) is 0 Å². The molecule has 8 nitrogen and oxygen atoms in total. The fraction of sp³-hybridized carbons (Fsp3) is 0.400. The van der Waals surface area contributed by atoms with Gasteiger partial charge in [-0.2, -0.15) is 15.4 Å². The Morgan fingerprint density at radius 1 is 1.26 bits per heavy atom. The maximum atomic E-state index is 11.3. The first-order chi connectivity index (χ1) is 11.2. The van der Waals surface area contributed by atoms with E-state index in [-0.39, 0.29) is 5.69 Å². The lowest BCUT2D eigenvalue weighted by Crippen LogP contribution is -2.38. The number of hydrogen-bond donors (Lipinski definition) is 2. The number of rotatable bonds is 6. The van der Waals surface area contributed by atoms with Crippen LogP contribution in [0.1, 0.15) is 10.5 Å². The number of nitrogens with zero attached hydrogens (tertiary/aromatic N) is 3. The number of morpholine rings is 1. The quantitative estimate of drug-likeness (QED) is 0.792. The third-order valence-corrected chi connectivity index (χ3v) is 3.69. The Kier molecular flexibility index (Phi) is 4.84. The predicted molar refractivity (Wildman–Crippen MR) is 83.1 cm³/mol. The lowest BCUT2D eigenvalue weighted by Gasteiger charge is -2.26. The van der Waals surface area contributed by atoms with E-state index in [2.05, 4.69) is 20.3 Å². The molecule has 0 saturated carbocycles. The van der Waals surface area contributed by atoms with E-state index in [0.29, 0.717) is 12.3 Å². The van der Waals surface area contributed by atoms with Crippen molar-refractivity contribution < 1.29 is 14.3 Å².